The Morgan fingerprint density at radius 3 is 2.65 bits per heavy atom. The number of aliphatic hydroxyl groups excluding tert-OH is 1. The normalized spacial score (nSPS) is 14.1. The molecule has 1 rings (SSSR count). The third kappa shape index (κ3) is 3.72. The third-order valence-electron chi connectivity index (χ3n) is 2.41. The van der Waals surface area contributed by atoms with Crippen molar-refractivity contribution in [2.45, 2.75) is 19.4 Å². The molecule has 1 aromatic carbocycles. The van der Waals surface area contributed by atoms with E-state index < -0.39 is 18.2 Å². The molecule has 0 aromatic heterocycles. The molecule has 0 aliphatic heterocycles. The molecule has 4 N–H and O–H groups in total. The van der Waals surface area contributed by atoms with Crippen molar-refractivity contribution in [1.29, 1.82) is 0 Å². The molecule has 0 aliphatic carbocycles. The number of rotatable bonds is 5. The van der Waals surface area contributed by atoms with Gasteiger partial charge in [-0.3, -0.25) is 0 Å². The molecule has 17 heavy (non-hydrogen) atoms. The first-order chi connectivity index (χ1) is 7.85. The average Bonchev–Trinajstić information content (AvgIpc) is 2.27. The minimum Gasteiger partial charge on any atom is -0.478 e. The number of aromatic carboxylic acids is 1. The minimum atomic E-state index is -1.28. The number of hydrogen-bond acceptors (Lipinski definition) is 4. The van der Waals surface area contributed by atoms with Gasteiger partial charge in [-0.15, -0.1) is 0 Å². The fourth-order valence-electron chi connectivity index (χ4n) is 1.33. The van der Waals surface area contributed by atoms with Gasteiger partial charge >= 0.3 is 5.97 Å². The number of carboxylic acids is 1. The molecule has 5 heteroatoms. The summed E-state index contributed by atoms with van der Waals surface area (Å²) in [4.78, 5) is 11.0. The summed E-state index contributed by atoms with van der Waals surface area (Å²) in [6.07, 6.45) is 0. The van der Waals surface area contributed by atoms with Gasteiger partial charge in [0.05, 0.1) is 12.2 Å². The van der Waals surface area contributed by atoms with Crippen molar-refractivity contribution in [2.24, 2.45) is 0 Å². The van der Waals surface area contributed by atoms with Crippen LogP contribution in [-0.2, 0) is 0 Å². The highest BCUT2D eigenvalue weighted by Crippen LogP contribution is 2.18. The first-order valence-corrected chi connectivity index (χ1v) is 5.27. The fourth-order valence-corrected chi connectivity index (χ4v) is 1.33. The van der Waals surface area contributed by atoms with E-state index in [1.807, 2.05) is 0 Å². The maximum Gasteiger partial charge on any atom is 0.337 e. The van der Waals surface area contributed by atoms with Crippen molar-refractivity contribution in [2.75, 3.05) is 18.5 Å². The van der Waals surface area contributed by atoms with Gasteiger partial charge in [0, 0.05) is 12.2 Å². The molecular formula is C12H17NO4. The van der Waals surface area contributed by atoms with Crippen LogP contribution >= 0.6 is 0 Å². The van der Waals surface area contributed by atoms with Crippen LogP contribution < -0.4 is 5.32 Å². The summed E-state index contributed by atoms with van der Waals surface area (Å²) in [5, 5.41) is 30.3. The van der Waals surface area contributed by atoms with Crippen LogP contribution in [0.3, 0.4) is 0 Å². The predicted molar refractivity (Wildman–Crippen MR) is 64.3 cm³/mol. The highest BCUT2D eigenvalue weighted by molar-refractivity contribution is 5.94. The minimum absolute atomic E-state index is 0.0762. The van der Waals surface area contributed by atoms with E-state index >= 15 is 0 Å². The Morgan fingerprint density at radius 2 is 2.12 bits per heavy atom. The Bertz CT molecular complexity index is 415. The molecular weight excluding hydrogens is 222 g/mol. The van der Waals surface area contributed by atoms with Crippen LogP contribution in [0, 0.1) is 6.92 Å². The number of carbonyl (C=O) groups is 1. The second-order valence-electron chi connectivity index (χ2n) is 4.36. The Morgan fingerprint density at radius 1 is 1.47 bits per heavy atom. The maximum atomic E-state index is 11.0. The molecule has 1 aromatic rings. The molecule has 0 fully saturated rings. The number of benzene rings is 1. The van der Waals surface area contributed by atoms with Crippen LogP contribution in [0.15, 0.2) is 18.2 Å². The summed E-state index contributed by atoms with van der Waals surface area (Å²) in [6, 6.07) is 4.98. The summed E-state index contributed by atoms with van der Waals surface area (Å²) >= 11 is 0. The number of anilines is 1. The Hall–Kier alpha value is -1.59. The van der Waals surface area contributed by atoms with Crippen molar-refractivity contribution < 1.29 is 20.1 Å². The maximum absolute atomic E-state index is 11.0. The first kappa shape index (κ1) is 13.5. The van der Waals surface area contributed by atoms with Crippen molar-refractivity contribution in [3.05, 3.63) is 29.3 Å². The van der Waals surface area contributed by atoms with Gasteiger partial charge in [-0.1, -0.05) is 11.6 Å². The lowest BCUT2D eigenvalue weighted by atomic mass is 10.1. The van der Waals surface area contributed by atoms with E-state index in [0.717, 1.165) is 5.56 Å². The van der Waals surface area contributed by atoms with Gasteiger partial charge in [0.2, 0.25) is 0 Å². The second kappa shape index (κ2) is 5.16. The van der Waals surface area contributed by atoms with E-state index in [1.54, 1.807) is 25.1 Å². The molecule has 1 atom stereocenters. The topological polar surface area (TPSA) is 89.8 Å². The molecule has 94 valence electrons. The van der Waals surface area contributed by atoms with Crippen LogP contribution in [0.1, 0.15) is 22.8 Å². The number of aliphatic hydroxyl groups is 2. The van der Waals surface area contributed by atoms with Crippen LogP contribution in [0.4, 0.5) is 5.69 Å². The number of aryl methyl sites for hydroxylation is 1. The number of nitrogens with one attached hydrogen (secondary N) is 1. The number of hydrogen-bond donors (Lipinski definition) is 4. The highest BCUT2D eigenvalue weighted by Gasteiger charge is 2.19. The van der Waals surface area contributed by atoms with Crippen molar-refractivity contribution in [1.82, 2.24) is 0 Å². The van der Waals surface area contributed by atoms with E-state index in [1.165, 1.54) is 6.92 Å². The largest absolute Gasteiger partial charge is 0.478 e. The second-order valence-corrected chi connectivity index (χ2v) is 4.36. The molecule has 0 radical (unpaired) electrons. The monoisotopic (exact) mass is 239 g/mol. The lowest BCUT2D eigenvalue weighted by Crippen LogP contribution is -2.37. The lowest BCUT2D eigenvalue weighted by molar-refractivity contribution is 0.0132. The van der Waals surface area contributed by atoms with E-state index in [9.17, 15) is 9.90 Å². The van der Waals surface area contributed by atoms with Gasteiger partial charge < -0.3 is 20.6 Å². The lowest BCUT2D eigenvalue weighted by Gasteiger charge is -2.22. The standard InChI is InChI=1S/C12H17NO4/c1-8-3-4-10(9(5-8)11(15)16)13-6-12(2,17)7-14/h3-5,13-14,17H,6-7H2,1-2H3,(H,15,16). The van der Waals surface area contributed by atoms with Crippen molar-refractivity contribution >= 4 is 11.7 Å². The molecule has 0 aliphatic rings. The van der Waals surface area contributed by atoms with E-state index in [4.69, 9.17) is 10.2 Å². The zero-order valence-corrected chi connectivity index (χ0v) is 9.90. The van der Waals surface area contributed by atoms with Crippen LogP contribution in [0.5, 0.6) is 0 Å². The fraction of sp³-hybridized carbons (Fsp3) is 0.417. The molecule has 1 unspecified atom stereocenters. The smallest absolute Gasteiger partial charge is 0.337 e. The summed E-state index contributed by atoms with van der Waals surface area (Å²) < 4.78 is 0. The van der Waals surface area contributed by atoms with E-state index in [0.29, 0.717) is 5.69 Å². The zero-order chi connectivity index (χ0) is 13.1. The van der Waals surface area contributed by atoms with Crippen LogP contribution in [-0.4, -0.2) is 40.0 Å². The SMILES string of the molecule is Cc1ccc(NCC(C)(O)CO)c(C(=O)O)c1. The van der Waals surface area contributed by atoms with Gasteiger partial charge in [0.25, 0.3) is 0 Å². The summed E-state index contributed by atoms with van der Waals surface area (Å²) in [5.74, 6) is -1.03. The first-order valence-electron chi connectivity index (χ1n) is 5.27. The van der Waals surface area contributed by atoms with E-state index in [2.05, 4.69) is 5.32 Å². The van der Waals surface area contributed by atoms with Gasteiger partial charge in [0.15, 0.2) is 0 Å². The molecule has 0 heterocycles. The Balaban J connectivity index is 2.88. The van der Waals surface area contributed by atoms with Gasteiger partial charge in [-0.25, -0.2) is 4.79 Å². The molecule has 0 amide bonds. The number of carboxylic acid groups (broad SMARTS) is 1. The van der Waals surface area contributed by atoms with Crippen LogP contribution in [0.25, 0.3) is 0 Å². The summed E-state index contributed by atoms with van der Waals surface area (Å²) in [6.45, 7) is 2.95. The van der Waals surface area contributed by atoms with Gasteiger partial charge in [-0.2, -0.15) is 0 Å². The molecule has 0 spiro atoms. The highest BCUT2D eigenvalue weighted by atomic mass is 16.4. The summed E-state index contributed by atoms with van der Waals surface area (Å²) in [5.41, 5.74) is 0.151. The van der Waals surface area contributed by atoms with Crippen LogP contribution in [0.2, 0.25) is 0 Å². The molecule has 0 saturated heterocycles. The average molecular weight is 239 g/mol. The van der Waals surface area contributed by atoms with E-state index in [-0.39, 0.29) is 12.1 Å². The molecule has 0 saturated carbocycles. The predicted octanol–water partition coefficient (Wildman–Crippen LogP) is 0.848. The third-order valence-corrected chi connectivity index (χ3v) is 2.41. The zero-order valence-electron chi connectivity index (χ0n) is 9.90. The van der Waals surface area contributed by atoms with Gasteiger partial charge in [-0.05, 0) is 26.0 Å². The molecule has 5 nitrogen and oxygen atoms in total. The van der Waals surface area contributed by atoms with Crippen molar-refractivity contribution in [3.63, 3.8) is 0 Å². The van der Waals surface area contributed by atoms with Gasteiger partial charge in [0.1, 0.15) is 5.60 Å². The quantitative estimate of drug-likeness (QED) is 0.611. The Labute approximate surface area is 99.7 Å². The molecule has 0 bridgehead atoms. The Kier molecular flexibility index (Phi) is 4.09. The van der Waals surface area contributed by atoms with Crippen molar-refractivity contribution in [3.8, 4) is 0 Å². The summed E-state index contributed by atoms with van der Waals surface area (Å²) in [7, 11) is 0.